The lowest BCUT2D eigenvalue weighted by molar-refractivity contribution is 0.294. The smallest absolute Gasteiger partial charge is 0.356 e. The van der Waals surface area contributed by atoms with E-state index in [1.54, 1.807) is 6.33 Å². The van der Waals surface area contributed by atoms with Gasteiger partial charge in [-0.2, -0.15) is 0 Å². The SMILES string of the molecule is CCNC([S+]=O)[C@H]1CC[C@@H](N(C)c2ncnc3[nH]ccc23)CC1. The second-order valence-electron chi connectivity index (χ2n) is 6.19. The van der Waals surface area contributed by atoms with Gasteiger partial charge in [0.2, 0.25) is 0 Å². The third-order valence-electron chi connectivity index (χ3n) is 4.89. The quantitative estimate of drug-likeness (QED) is 0.626. The maximum atomic E-state index is 11.3. The third kappa shape index (κ3) is 3.35. The van der Waals surface area contributed by atoms with Crippen molar-refractivity contribution in [2.75, 3.05) is 18.5 Å². The zero-order valence-corrected chi connectivity index (χ0v) is 14.5. The number of nitrogens with zero attached hydrogens (tertiary/aromatic N) is 3. The average molecular weight is 334 g/mol. The van der Waals surface area contributed by atoms with Crippen molar-refractivity contribution in [2.24, 2.45) is 5.92 Å². The highest BCUT2D eigenvalue weighted by Gasteiger charge is 2.36. The molecule has 3 rings (SSSR count). The standard InChI is InChI=1S/C16H24N5OS/c1-3-17-16(23-22)11-4-6-12(7-5-11)21(2)15-13-8-9-18-14(13)19-10-20-15/h8-12,16-17H,3-7H2,1-2H3,(H,18,19,20)/q+1/t11-,12+,16?. The van der Waals surface area contributed by atoms with Crippen molar-refractivity contribution >= 4 is 28.5 Å². The van der Waals surface area contributed by atoms with Gasteiger partial charge in [-0.1, -0.05) is 6.92 Å². The summed E-state index contributed by atoms with van der Waals surface area (Å²) in [5, 5.41) is 4.42. The molecule has 1 aliphatic carbocycles. The average Bonchev–Trinajstić information content (AvgIpc) is 3.08. The predicted octanol–water partition coefficient (Wildman–Crippen LogP) is 2.32. The highest BCUT2D eigenvalue weighted by Crippen LogP contribution is 2.32. The van der Waals surface area contributed by atoms with Crippen molar-refractivity contribution in [3.63, 3.8) is 0 Å². The first kappa shape index (κ1) is 16.3. The van der Waals surface area contributed by atoms with Gasteiger partial charge in [0.25, 0.3) is 5.37 Å². The van der Waals surface area contributed by atoms with Gasteiger partial charge in [-0.05, 0) is 38.3 Å². The summed E-state index contributed by atoms with van der Waals surface area (Å²) in [7, 11) is 2.11. The molecule has 1 atom stereocenters. The zero-order chi connectivity index (χ0) is 16.2. The number of nitrogens with one attached hydrogen (secondary N) is 2. The van der Waals surface area contributed by atoms with Crippen molar-refractivity contribution in [1.82, 2.24) is 20.3 Å². The Balaban J connectivity index is 1.67. The largest absolute Gasteiger partial charge is 0.479 e. The van der Waals surface area contributed by atoms with Crippen LogP contribution >= 0.6 is 0 Å². The van der Waals surface area contributed by atoms with Crippen LogP contribution in [-0.2, 0) is 15.9 Å². The highest BCUT2D eigenvalue weighted by atomic mass is 32.1. The Hall–Kier alpha value is -1.60. The van der Waals surface area contributed by atoms with E-state index in [1.165, 1.54) is 0 Å². The summed E-state index contributed by atoms with van der Waals surface area (Å²) in [6, 6.07) is 2.50. The number of rotatable bonds is 6. The fourth-order valence-electron chi connectivity index (χ4n) is 3.58. The van der Waals surface area contributed by atoms with E-state index in [4.69, 9.17) is 0 Å². The van der Waals surface area contributed by atoms with Crippen LogP contribution in [0.2, 0.25) is 0 Å². The number of hydrogen-bond donors (Lipinski definition) is 2. The van der Waals surface area contributed by atoms with Crippen LogP contribution in [0.1, 0.15) is 32.6 Å². The van der Waals surface area contributed by atoms with Crippen LogP contribution in [0.3, 0.4) is 0 Å². The van der Waals surface area contributed by atoms with Crippen LogP contribution < -0.4 is 10.2 Å². The molecule has 124 valence electrons. The van der Waals surface area contributed by atoms with Crippen LogP contribution in [-0.4, -0.2) is 40.0 Å². The van der Waals surface area contributed by atoms with Gasteiger partial charge >= 0.3 is 11.7 Å². The minimum Gasteiger partial charge on any atom is -0.356 e. The van der Waals surface area contributed by atoms with E-state index < -0.39 is 0 Å². The monoisotopic (exact) mass is 334 g/mol. The van der Waals surface area contributed by atoms with Gasteiger partial charge in [-0.15, -0.1) is 0 Å². The molecule has 0 bridgehead atoms. The van der Waals surface area contributed by atoms with Crippen LogP contribution in [0.5, 0.6) is 0 Å². The molecule has 1 aliphatic rings. The second-order valence-corrected chi connectivity index (χ2v) is 6.89. The molecule has 0 radical (unpaired) electrons. The van der Waals surface area contributed by atoms with Crippen molar-refractivity contribution in [3.8, 4) is 0 Å². The fourth-order valence-corrected chi connectivity index (χ4v) is 4.25. The van der Waals surface area contributed by atoms with Gasteiger partial charge in [-0.25, -0.2) is 9.97 Å². The first-order valence-corrected chi connectivity index (χ1v) is 9.08. The minimum atomic E-state index is 0.0432. The molecule has 0 amide bonds. The van der Waals surface area contributed by atoms with Gasteiger partial charge in [0.15, 0.2) is 0 Å². The molecule has 2 aromatic rings. The second kappa shape index (κ2) is 7.31. The number of aromatic amines is 1. The number of hydrogen-bond acceptors (Lipinski definition) is 5. The van der Waals surface area contributed by atoms with E-state index in [0.29, 0.717) is 23.6 Å². The summed E-state index contributed by atoms with van der Waals surface area (Å²) in [5.41, 5.74) is 0.880. The maximum absolute atomic E-state index is 11.3. The van der Waals surface area contributed by atoms with E-state index in [2.05, 4.69) is 39.1 Å². The first-order valence-electron chi connectivity index (χ1n) is 8.27. The fraction of sp³-hybridized carbons (Fsp3) is 0.625. The highest BCUT2D eigenvalue weighted by molar-refractivity contribution is 7.66. The normalized spacial score (nSPS) is 22.9. The molecule has 0 aliphatic heterocycles. The van der Waals surface area contributed by atoms with E-state index in [0.717, 1.165) is 49.1 Å². The summed E-state index contributed by atoms with van der Waals surface area (Å²) in [6.45, 7) is 2.91. The summed E-state index contributed by atoms with van der Waals surface area (Å²) in [6.07, 6.45) is 7.89. The van der Waals surface area contributed by atoms with E-state index in [9.17, 15) is 4.21 Å². The lowest BCUT2D eigenvalue weighted by atomic mass is 9.85. The van der Waals surface area contributed by atoms with E-state index in [-0.39, 0.29) is 5.37 Å². The molecular weight excluding hydrogens is 310 g/mol. The van der Waals surface area contributed by atoms with E-state index >= 15 is 0 Å². The maximum Gasteiger partial charge on any atom is 0.479 e. The molecule has 6 nitrogen and oxygen atoms in total. The third-order valence-corrected chi connectivity index (χ3v) is 5.65. The van der Waals surface area contributed by atoms with Crippen LogP contribution in [0.4, 0.5) is 5.82 Å². The number of anilines is 1. The molecule has 2 heterocycles. The topological polar surface area (TPSA) is 73.9 Å². The minimum absolute atomic E-state index is 0.0432. The molecule has 1 unspecified atom stereocenters. The van der Waals surface area contributed by atoms with Crippen molar-refractivity contribution in [3.05, 3.63) is 18.6 Å². The Morgan fingerprint density at radius 2 is 2.17 bits per heavy atom. The Morgan fingerprint density at radius 3 is 2.87 bits per heavy atom. The lowest BCUT2D eigenvalue weighted by Crippen LogP contribution is -2.42. The van der Waals surface area contributed by atoms with Crippen LogP contribution in [0.25, 0.3) is 11.0 Å². The zero-order valence-electron chi connectivity index (χ0n) is 13.7. The molecule has 0 spiro atoms. The van der Waals surface area contributed by atoms with E-state index in [1.807, 2.05) is 12.3 Å². The van der Waals surface area contributed by atoms with Crippen molar-refractivity contribution in [2.45, 2.75) is 44.0 Å². The first-order chi connectivity index (χ1) is 11.2. The predicted molar refractivity (Wildman–Crippen MR) is 93.6 cm³/mol. The van der Waals surface area contributed by atoms with Gasteiger partial charge in [0.1, 0.15) is 17.8 Å². The Labute approximate surface area is 140 Å². The Bertz CT molecular complexity index is 653. The Morgan fingerprint density at radius 1 is 1.39 bits per heavy atom. The van der Waals surface area contributed by atoms with Crippen LogP contribution in [0, 0.1) is 5.92 Å². The molecule has 2 N–H and O–H groups in total. The number of H-pyrrole nitrogens is 1. The summed E-state index contributed by atoms with van der Waals surface area (Å²) >= 11 is 0.711. The molecular formula is C16H24N5OS+. The summed E-state index contributed by atoms with van der Waals surface area (Å²) < 4.78 is 11.3. The van der Waals surface area contributed by atoms with Gasteiger partial charge in [0, 0.05) is 29.4 Å². The molecule has 0 saturated heterocycles. The number of fused-ring (bicyclic) bond motifs is 1. The van der Waals surface area contributed by atoms with Crippen molar-refractivity contribution < 1.29 is 4.21 Å². The van der Waals surface area contributed by atoms with Gasteiger partial charge in [-0.3, -0.25) is 5.32 Å². The number of aromatic nitrogens is 3. The molecule has 2 aromatic heterocycles. The molecule has 1 saturated carbocycles. The summed E-state index contributed by atoms with van der Waals surface area (Å²) in [4.78, 5) is 14.2. The van der Waals surface area contributed by atoms with Gasteiger partial charge < -0.3 is 9.88 Å². The van der Waals surface area contributed by atoms with Gasteiger partial charge in [0.05, 0.1) is 5.39 Å². The molecule has 1 fully saturated rings. The van der Waals surface area contributed by atoms with Crippen LogP contribution in [0.15, 0.2) is 18.6 Å². The molecule has 7 heteroatoms. The lowest BCUT2D eigenvalue weighted by Gasteiger charge is -2.35. The molecule has 23 heavy (non-hydrogen) atoms. The van der Waals surface area contributed by atoms with Crippen molar-refractivity contribution in [1.29, 1.82) is 0 Å². The summed E-state index contributed by atoms with van der Waals surface area (Å²) in [5.74, 6) is 1.46. The Kier molecular flexibility index (Phi) is 5.17. The molecule has 0 aromatic carbocycles.